The number of pyridine rings is 1. The van der Waals surface area contributed by atoms with E-state index in [1.807, 2.05) is 27.7 Å². The zero-order chi connectivity index (χ0) is 19.3. The zero-order valence-electron chi connectivity index (χ0n) is 15.6. The van der Waals surface area contributed by atoms with Crippen LogP contribution in [0.4, 0.5) is 0 Å². The van der Waals surface area contributed by atoms with E-state index in [0.717, 1.165) is 41.7 Å². The molecule has 2 aromatic heterocycles. The molecule has 6 heteroatoms. The van der Waals surface area contributed by atoms with Crippen molar-refractivity contribution in [3.63, 3.8) is 0 Å². The minimum atomic E-state index is 0.0811. The van der Waals surface area contributed by atoms with Crippen LogP contribution in [-0.4, -0.2) is 33.0 Å². The minimum absolute atomic E-state index is 0.0811. The number of benzene rings is 1. The summed E-state index contributed by atoms with van der Waals surface area (Å²) in [5.74, 6) is 0.852. The number of carbonyl (C=O) groups is 1. The first-order chi connectivity index (χ1) is 13.6. The number of amides is 1. The Kier molecular flexibility index (Phi) is 4.38. The van der Waals surface area contributed by atoms with Gasteiger partial charge in [-0.25, -0.2) is 0 Å². The van der Waals surface area contributed by atoms with E-state index in [4.69, 9.17) is 0 Å². The Morgan fingerprint density at radius 1 is 1.11 bits per heavy atom. The molecule has 0 radical (unpaired) electrons. The van der Waals surface area contributed by atoms with Crippen LogP contribution < -0.4 is 5.56 Å². The third-order valence-corrected chi connectivity index (χ3v) is 6.63. The Morgan fingerprint density at radius 2 is 2.00 bits per heavy atom. The molecule has 4 heterocycles. The van der Waals surface area contributed by atoms with E-state index >= 15 is 0 Å². The normalized spacial score (nSPS) is 21.0. The Labute approximate surface area is 171 Å². The second kappa shape index (κ2) is 6.92. The van der Waals surface area contributed by atoms with Gasteiger partial charge in [-0.15, -0.1) is 0 Å². The lowest BCUT2D eigenvalue weighted by atomic mass is 9.83. The first-order valence-electron chi connectivity index (χ1n) is 9.80. The maximum Gasteiger partial charge on any atom is 0.250 e. The second-order valence-corrected chi connectivity index (χ2v) is 8.87. The predicted molar refractivity (Wildman–Crippen MR) is 112 cm³/mol. The van der Waals surface area contributed by atoms with E-state index in [1.165, 1.54) is 5.39 Å². The van der Waals surface area contributed by atoms with Crippen LogP contribution in [-0.2, 0) is 17.9 Å². The number of piperidine rings is 1. The summed E-state index contributed by atoms with van der Waals surface area (Å²) in [6, 6.07) is 13.8. The molecule has 0 N–H and O–H groups in total. The highest BCUT2D eigenvalue weighted by Crippen LogP contribution is 2.35. The summed E-state index contributed by atoms with van der Waals surface area (Å²) in [6.45, 7) is 2.89. The molecule has 5 nitrogen and oxygen atoms in total. The molecule has 2 atom stereocenters. The molecule has 144 valence electrons. The maximum absolute atomic E-state index is 12.9. The molecule has 0 aliphatic carbocycles. The summed E-state index contributed by atoms with van der Waals surface area (Å²) in [5.41, 5.74) is 2.31. The van der Waals surface area contributed by atoms with Crippen molar-refractivity contribution in [3.05, 3.63) is 69.2 Å². The Bertz CT molecular complexity index is 1120. The molecule has 28 heavy (non-hydrogen) atoms. The van der Waals surface area contributed by atoms with Gasteiger partial charge in [0.25, 0.3) is 5.56 Å². The lowest BCUT2D eigenvalue weighted by Crippen LogP contribution is -2.49. The van der Waals surface area contributed by atoms with Crippen LogP contribution in [0.1, 0.15) is 24.5 Å². The molecule has 1 aromatic carbocycles. The van der Waals surface area contributed by atoms with Crippen molar-refractivity contribution in [2.24, 2.45) is 5.92 Å². The van der Waals surface area contributed by atoms with Crippen LogP contribution in [0, 0.1) is 5.92 Å². The van der Waals surface area contributed by atoms with E-state index in [9.17, 15) is 9.59 Å². The van der Waals surface area contributed by atoms with Crippen LogP contribution in [0.15, 0.2) is 57.9 Å². The van der Waals surface area contributed by atoms with Gasteiger partial charge in [0.05, 0.1) is 0 Å². The molecular weight excluding hydrogens is 418 g/mol. The fourth-order valence-electron chi connectivity index (χ4n) is 4.83. The molecule has 2 aliphatic heterocycles. The van der Waals surface area contributed by atoms with E-state index in [1.54, 1.807) is 6.07 Å². The first kappa shape index (κ1) is 17.7. The average Bonchev–Trinajstić information content (AvgIpc) is 3.09. The van der Waals surface area contributed by atoms with E-state index in [0.29, 0.717) is 18.9 Å². The van der Waals surface area contributed by atoms with Gasteiger partial charge in [0.2, 0.25) is 5.91 Å². The fraction of sp³-hybridized carbons (Fsp3) is 0.364. The minimum Gasteiger partial charge on any atom is -0.347 e. The molecule has 0 unspecified atom stereocenters. The van der Waals surface area contributed by atoms with Crippen LogP contribution in [0.25, 0.3) is 10.9 Å². The van der Waals surface area contributed by atoms with Crippen molar-refractivity contribution in [1.29, 1.82) is 0 Å². The second-order valence-electron chi connectivity index (χ2n) is 7.96. The summed E-state index contributed by atoms with van der Waals surface area (Å²) < 4.78 is 5.10. The zero-order valence-corrected chi connectivity index (χ0v) is 17.1. The monoisotopic (exact) mass is 439 g/mol. The number of aryl methyl sites for hydroxylation is 1. The Balaban J connectivity index is 1.30. The van der Waals surface area contributed by atoms with Crippen molar-refractivity contribution in [2.45, 2.75) is 31.8 Å². The molecule has 0 saturated carbocycles. The molecule has 1 saturated heterocycles. The molecule has 3 aromatic rings. The van der Waals surface area contributed by atoms with Crippen molar-refractivity contribution >= 4 is 32.7 Å². The van der Waals surface area contributed by atoms with Crippen molar-refractivity contribution in [2.75, 3.05) is 13.1 Å². The highest BCUT2D eigenvalue weighted by atomic mass is 79.9. The average molecular weight is 440 g/mol. The summed E-state index contributed by atoms with van der Waals surface area (Å²) >= 11 is 3.53. The Morgan fingerprint density at radius 3 is 2.89 bits per heavy atom. The smallest absolute Gasteiger partial charge is 0.250 e. The number of nitrogens with zero attached hydrogens (tertiary/aromatic N) is 3. The van der Waals surface area contributed by atoms with Crippen molar-refractivity contribution in [3.8, 4) is 0 Å². The first-order valence-corrected chi connectivity index (χ1v) is 10.6. The quantitative estimate of drug-likeness (QED) is 0.625. The number of hydrogen-bond donors (Lipinski definition) is 0. The number of hydrogen-bond acceptors (Lipinski definition) is 2. The summed E-state index contributed by atoms with van der Waals surface area (Å²) in [6.07, 6.45) is 3.62. The molecule has 2 aliphatic rings. The molecular formula is C22H22BrN3O2. The fourth-order valence-corrected chi connectivity index (χ4v) is 5.18. The maximum atomic E-state index is 12.9. The topological polar surface area (TPSA) is 47.2 Å². The van der Waals surface area contributed by atoms with Gasteiger partial charge in [0.1, 0.15) is 0 Å². The molecule has 1 amide bonds. The highest BCUT2D eigenvalue weighted by Gasteiger charge is 2.35. The van der Waals surface area contributed by atoms with E-state index < -0.39 is 0 Å². The SMILES string of the molecule is O=C(CCn1ccc2ccc(Br)cc21)N1C[C@H]2C[C@H](C1)c1cccc(=O)n1C2. The molecule has 2 bridgehead atoms. The number of aromatic nitrogens is 2. The van der Waals surface area contributed by atoms with Crippen LogP contribution in [0.3, 0.4) is 0 Å². The largest absolute Gasteiger partial charge is 0.347 e. The molecule has 5 rings (SSSR count). The highest BCUT2D eigenvalue weighted by molar-refractivity contribution is 9.10. The van der Waals surface area contributed by atoms with Gasteiger partial charge in [0.15, 0.2) is 0 Å². The van der Waals surface area contributed by atoms with Crippen molar-refractivity contribution < 1.29 is 4.79 Å². The predicted octanol–water partition coefficient (Wildman–Crippen LogP) is 3.60. The van der Waals surface area contributed by atoms with Gasteiger partial charge in [-0.1, -0.05) is 28.1 Å². The molecule has 0 spiro atoms. The molecule has 1 fully saturated rings. The van der Waals surface area contributed by atoms with Crippen LogP contribution in [0.2, 0.25) is 0 Å². The number of carbonyl (C=O) groups excluding carboxylic acids is 1. The Hall–Kier alpha value is -2.34. The summed E-state index contributed by atoms with van der Waals surface area (Å²) in [4.78, 5) is 27.1. The third kappa shape index (κ3) is 3.09. The van der Waals surface area contributed by atoms with Gasteiger partial charge in [-0.3, -0.25) is 9.59 Å². The van der Waals surface area contributed by atoms with Crippen molar-refractivity contribution in [1.82, 2.24) is 14.0 Å². The van der Waals surface area contributed by atoms with E-state index in [2.05, 4.69) is 44.9 Å². The standard InChI is InChI=1S/C22H22BrN3O2/c23-18-5-4-16-6-8-24(20(16)11-18)9-7-21(27)25-12-15-10-17(14-25)19-2-1-3-22(28)26(19)13-15/h1-6,8,11,15,17H,7,9-10,12-14H2/t15-,17-/m1/s1. The van der Waals surface area contributed by atoms with Gasteiger partial charge in [-0.2, -0.15) is 0 Å². The lowest BCUT2D eigenvalue weighted by molar-refractivity contribution is -0.134. The third-order valence-electron chi connectivity index (χ3n) is 6.13. The lowest BCUT2D eigenvalue weighted by Gasteiger charge is -2.42. The van der Waals surface area contributed by atoms with Gasteiger partial charge >= 0.3 is 0 Å². The summed E-state index contributed by atoms with van der Waals surface area (Å²) in [5, 5.41) is 1.19. The number of fused-ring (bicyclic) bond motifs is 5. The number of halogens is 1. The van der Waals surface area contributed by atoms with E-state index in [-0.39, 0.29) is 17.4 Å². The number of likely N-dealkylation sites (tertiary alicyclic amines) is 1. The number of rotatable bonds is 3. The van der Waals surface area contributed by atoms with Crippen LogP contribution in [0.5, 0.6) is 0 Å². The summed E-state index contributed by atoms with van der Waals surface area (Å²) in [7, 11) is 0. The van der Waals surface area contributed by atoms with Gasteiger partial charge < -0.3 is 14.0 Å². The van der Waals surface area contributed by atoms with Gasteiger partial charge in [-0.05, 0) is 42.0 Å². The van der Waals surface area contributed by atoms with Crippen LogP contribution >= 0.6 is 15.9 Å². The van der Waals surface area contributed by atoms with Gasteiger partial charge in [0, 0.05) is 66.5 Å².